The minimum atomic E-state index is -0.236. The van der Waals surface area contributed by atoms with Crippen LogP contribution in [0.15, 0.2) is 40.8 Å². The van der Waals surface area contributed by atoms with Gasteiger partial charge in [-0.05, 0) is 36.8 Å². The summed E-state index contributed by atoms with van der Waals surface area (Å²) in [6.07, 6.45) is -0.236. The summed E-state index contributed by atoms with van der Waals surface area (Å²) in [6, 6.07) is 12.9. The van der Waals surface area contributed by atoms with Crippen molar-refractivity contribution in [1.82, 2.24) is 10.2 Å². The summed E-state index contributed by atoms with van der Waals surface area (Å²) in [5.74, 6) is 1.57. The van der Waals surface area contributed by atoms with Crippen LogP contribution in [0.4, 0.5) is 4.79 Å². The van der Waals surface area contributed by atoms with Gasteiger partial charge in [-0.1, -0.05) is 12.1 Å². The lowest BCUT2D eigenvalue weighted by molar-refractivity contribution is -0.0263. The minimum Gasteiger partial charge on any atom is -0.464 e. The first-order valence-electron chi connectivity index (χ1n) is 7.85. The van der Waals surface area contributed by atoms with Crippen LogP contribution in [0.3, 0.4) is 0 Å². The lowest BCUT2D eigenvalue weighted by Crippen LogP contribution is -2.46. The summed E-state index contributed by atoms with van der Waals surface area (Å²) >= 11 is 0. The van der Waals surface area contributed by atoms with E-state index in [9.17, 15) is 4.79 Å². The van der Waals surface area contributed by atoms with Crippen LogP contribution in [0.5, 0.6) is 0 Å². The monoisotopic (exact) mass is 325 g/mol. The third-order valence-electron chi connectivity index (χ3n) is 3.93. The molecule has 3 rings (SSSR count). The number of morpholine rings is 1. The van der Waals surface area contributed by atoms with Gasteiger partial charge >= 0.3 is 6.03 Å². The fourth-order valence-corrected chi connectivity index (χ4v) is 2.67. The zero-order valence-electron chi connectivity index (χ0n) is 13.5. The van der Waals surface area contributed by atoms with Crippen LogP contribution in [-0.4, -0.2) is 30.6 Å². The second-order valence-corrected chi connectivity index (χ2v) is 5.72. The van der Waals surface area contributed by atoms with E-state index in [0.717, 1.165) is 17.1 Å². The van der Waals surface area contributed by atoms with Gasteiger partial charge < -0.3 is 19.4 Å². The maximum atomic E-state index is 12.4. The summed E-state index contributed by atoms with van der Waals surface area (Å²) in [5.41, 5.74) is 1.48. The van der Waals surface area contributed by atoms with Gasteiger partial charge in [0.2, 0.25) is 0 Å². The van der Waals surface area contributed by atoms with Gasteiger partial charge in [-0.25, -0.2) is 4.79 Å². The number of furan rings is 1. The Hall–Kier alpha value is -2.78. The molecule has 1 atom stereocenters. The van der Waals surface area contributed by atoms with Gasteiger partial charge in [0.25, 0.3) is 0 Å². The molecule has 2 aromatic rings. The quantitative estimate of drug-likeness (QED) is 0.941. The SMILES string of the molecule is Cc1ccc(C2CN(C(=O)NCc3cccc(C#N)c3)CCO2)o1. The van der Waals surface area contributed by atoms with Gasteiger partial charge in [-0.2, -0.15) is 5.26 Å². The van der Waals surface area contributed by atoms with Crippen LogP contribution in [0.1, 0.15) is 28.8 Å². The third-order valence-corrected chi connectivity index (χ3v) is 3.93. The van der Waals surface area contributed by atoms with E-state index in [1.807, 2.05) is 31.2 Å². The van der Waals surface area contributed by atoms with Gasteiger partial charge in [0.1, 0.15) is 17.6 Å². The van der Waals surface area contributed by atoms with Crippen LogP contribution in [0, 0.1) is 18.3 Å². The molecule has 1 aromatic heterocycles. The number of nitrogens with one attached hydrogen (secondary N) is 1. The van der Waals surface area contributed by atoms with Crippen molar-refractivity contribution in [3.8, 4) is 6.07 Å². The highest BCUT2D eigenvalue weighted by Crippen LogP contribution is 2.24. The maximum Gasteiger partial charge on any atom is 0.317 e. The number of nitriles is 1. The third kappa shape index (κ3) is 3.76. The van der Waals surface area contributed by atoms with Crippen molar-refractivity contribution in [1.29, 1.82) is 5.26 Å². The fourth-order valence-electron chi connectivity index (χ4n) is 2.67. The fraction of sp³-hybridized carbons (Fsp3) is 0.333. The molecule has 0 spiro atoms. The van der Waals surface area contributed by atoms with Gasteiger partial charge in [0.15, 0.2) is 0 Å². The summed E-state index contributed by atoms with van der Waals surface area (Å²) < 4.78 is 11.3. The Morgan fingerprint density at radius 3 is 3.04 bits per heavy atom. The lowest BCUT2D eigenvalue weighted by Gasteiger charge is -2.32. The molecule has 1 unspecified atom stereocenters. The molecule has 0 aliphatic carbocycles. The number of urea groups is 1. The topological polar surface area (TPSA) is 78.5 Å². The number of hydrogen-bond donors (Lipinski definition) is 1. The summed E-state index contributed by atoms with van der Waals surface area (Å²) in [5, 5.41) is 11.8. The standard InChI is InChI=1S/C18H19N3O3/c1-13-5-6-16(24-13)17-12-21(7-8-23-17)18(22)20-11-15-4-2-3-14(9-15)10-19/h2-6,9,17H,7-8,11-12H2,1H3,(H,20,22). The number of benzene rings is 1. The number of ether oxygens (including phenoxy) is 1. The molecule has 1 aliphatic heterocycles. The maximum absolute atomic E-state index is 12.4. The van der Waals surface area contributed by atoms with Crippen molar-refractivity contribution in [2.75, 3.05) is 19.7 Å². The first kappa shape index (κ1) is 16.1. The number of amides is 2. The zero-order chi connectivity index (χ0) is 16.9. The van der Waals surface area contributed by atoms with Crippen LogP contribution < -0.4 is 5.32 Å². The van der Waals surface area contributed by atoms with Crippen molar-refractivity contribution >= 4 is 6.03 Å². The van der Waals surface area contributed by atoms with E-state index in [0.29, 0.717) is 31.8 Å². The smallest absolute Gasteiger partial charge is 0.317 e. The molecule has 1 saturated heterocycles. The predicted molar refractivity (Wildman–Crippen MR) is 87.1 cm³/mol. The molecule has 24 heavy (non-hydrogen) atoms. The molecule has 1 N–H and O–H groups in total. The van der Waals surface area contributed by atoms with Crippen molar-refractivity contribution in [3.05, 3.63) is 59.0 Å². The van der Waals surface area contributed by atoms with Crippen LogP contribution in [0.25, 0.3) is 0 Å². The van der Waals surface area contributed by atoms with Crippen LogP contribution in [-0.2, 0) is 11.3 Å². The number of aryl methyl sites for hydroxylation is 1. The first-order chi connectivity index (χ1) is 11.7. The Labute approximate surface area is 140 Å². The van der Waals surface area contributed by atoms with Crippen molar-refractivity contribution in [2.45, 2.75) is 19.6 Å². The molecule has 6 nitrogen and oxygen atoms in total. The molecule has 1 aromatic carbocycles. The molecule has 2 heterocycles. The van der Waals surface area contributed by atoms with Gasteiger partial charge in [0, 0.05) is 13.1 Å². The Morgan fingerprint density at radius 2 is 2.29 bits per heavy atom. The number of carbonyl (C=O) groups excluding carboxylic acids is 1. The van der Waals surface area contributed by atoms with E-state index in [1.165, 1.54) is 0 Å². The first-order valence-corrected chi connectivity index (χ1v) is 7.85. The summed E-state index contributed by atoms with van der Waals surface area (Å²) in [4.78, 5) is 14.1. The van der Waals surface area contributed by atoms with E-state index >= 15 is 0 Å². The molecule has 0 radical (unpaired) electrons. The summed E-state index contributed by atoms with van der Waals surface area (Å²) in [6.45, 7) is 3.74. The Balaban J connectivity index is 1.57. The zero-order valence-corrected chi connectivity index (χ0v) is 13.5. The van der Waals surface area contributed by atoms with Crippen LogP contribution in [0.2, 0.25) is 0 Å². The number of carbonyl (C=O) groups is 1. The Bertz CT molecular complexity index is 763. The van der Waals surface area contributed by atoms with E-state index in [1.54, 1.807) is 17.0 Å². The molecule has 1 fully saturated rings. The van der Waals surface area contributed by atoms with E-state index in [-0.39, 0.29) is 12.1 Å². The molecule has 0 bridgehead atoms. The highest BCUT2D eigenvalue weighted by atomic mass is 16.5. The number of nitrogens with zero attached hydrogens (tertiary/aromatic N) is 2. The molecule has 124 valence electrons. The molecule has 6 heteroatoms. The Morgan fingerprint density at radius 1 is 1.42 bits per heavy atom. The Kier molecular flexibility index (Phi) is 4.82. The number of hydrogen-bond acceptors (Lipinski definition) is 4. The highest BCUT2D eigenvalue weighted by Gasteiger charge is 2.27. The number of rotatable bonds is 3. The second kappa shape index (κ2) is 7.20. The molecule has 2 amide bonds. The average Bonchev–Trinajstić information content (AvgIpc) is 3.06. The van der Waals surface area contributed by atoms with Gasteiger partial charge in [0.05, 0.1) is 24.8 Å². The van der Waals surface area contributed by atoms with E-state index < -0.39 is 0 Å². The lowest BCUT2D eigenvalue weighted by atomic mass is 10.1. The molecular formula is C18H19N3O3. The molecule has 1 aliphatic rings. The normalized spacial score (nSPS) is 17.3. The van der Waals surface area contributed by atoms with Gasteiger partial charge in [-0.15, -0.1) is 0 Å². The van der Waals surface area contributed by atoms with Crippen LogP contribution >= 0.6 is 0 Å². The molecule has 0 saturated carbocycles. The molecular weight excluding hydrogens is 306 g/mol. The minimum absolute atomic E-state index is 0.145. The summed E-state index contributed by atoms with van der Waals surface area (Å²) in [7, 11) is 0. The van der Waals surface area contributed by atoms with Crippen molar-refractivity contribution in [2.24, 2.45) is 0 Å². The van der Waals surface area contributed by atoms with E-state index in [2.05, 4.69) is 11.4 Å². The largest absolute Gasteiger partial charge is 0.464 e. The van der Waals surface area contributed by atoms with Gasteiger partial charge in [-0.3, -0.25) is 0 Å². The second-order valence-electron chi connectivity index (χ2n) is 5.72. The van der Waals surface area contributed by atoms with Crippen molar-refractivity contribution in [3.63, 3.8) is 0 Å². The van der Waals surface area contributed by atoms with E-state index in [4.69, 9.17) is 14.4 Å². The predicted octanol–water partition coefficient (Wildman–Crippen LogP) is 2.74. The average molecular weight is 325 g/mol. The van der Waals surface area contributed by atoms with Crippen molar-refractivity contribution < 1.29 is 13.9 Å². The highest BCUT2D eigenvalue weighted by molar-refractivity contribution is 5.74.